The van der Waals surface area contributed by atoms with E-state index in [1.165, 1.54) is 11.1 Å². The predicted molar refractivity (Wildman–Crippen MR) is 80.2 cm³/mol. The average Bonchev–Trinajstić information content (AvgIpc) is 2.25. The van der Waals surface area contributed by atoms with Gasteiger partial charge in [-0.05, 0) is 51.0 Å². The summed E-state index contributed by atoms with van der Waals surface area (Å²) in [5.41, 5.74) is 8.80. The zero-order valence-electron chi connectivity index (χ0n) is 12.6. The van der Waals surface area contributed by atoms with Gasteiger partial charge in [0.2, 0.25) is 5.91 Å². The first-order chi connectivity index (χ1) is 8.69. The lowest BCUT2D eigenvalue weighted by molar-refractivity contribution is -0.116. The van der Waals surface area contributed by atoms with E-state index in [0.29, 0.717) is 0 Å². The summed E-state index contributed by atoms with van der Waals surface area (Å²) in [4.78, 5) is 12.8. The van der Waals surface area contributed by atoms with Crippen LogP contribution in [0.5, 0.6) is 0 Å². The van der Waals surface area contributed by atoms with E-state index in [4.69, 9.17) is 5.73 Å². The SMILES string of the molecule is Cc1cc(N(C)CC(N)=O)ccc1CNC(C)(C)C. The van der Waals surface area contributed by atoms with Crippen molar-refractivity contribution >= 4 is 11.6 Å². The molecule has 1 aromatic carbocycles. The van der Waals surface area contributed by atoms with Gasteiger partial charge in [0.05, 0.1) is 6.54 Å². The highest BCUT2D eigenvalue weighted by molar-refractivity contribution is 5.79. The van der Waals surface area contributed by atoms with E-state index in [2.05, 4.69) is 45.1 Å². The van der Waals surface area contributed by atoms with Crippen LogP contribution in [0.15, 0.2) is 18.2 Å². The van der Waals surface area contributed by atoms with Crippen LogP contribution in [0.3, 0.4) is 0 Å². The number of nitrogens with zero attached hydrogens (tertiary/aromatic N) is 1. The third-order valence-electron chi connectivity index (χ3n) is 2.97. The molecule has 4 nitrogen and oxygen atoms in total. The van der Waals surface area contributed by atoms with Crippen LogP contribution < -0.4 is 16.0 Å². The molecule has 0 saturated heterocycles. The lowest BCUT2D eigenvalue weighted by atomic mass is 10.0. The number of nitrogens with one attached hydrogen (secondary N) is 1. The van der Waals surface area contributed by atoms with E-state index in [1.807, 2.05) is 18.0 Å². The number of benzene rings is 1. The molecule has 0 saturated carbocycles. The van der Waals surface area contributed by atoms with Gasteiger partial charge in [-0.2, -0.15) is 0 Å². The largest absolute Gasteiger partial charge is 0.368 e. The molecular weight excluding hydrogens is 238 g/mol. The number of primary amides is 1. The molecule has 0 heterocycles. The summed E-state index contributed by atoms with van der Waals surface area (Å²) in [5.74, 6) is -0.321. The van der Waals surface area contributed by atoms with Crippen molar-refractivity contribution < 1.29 is 4.79 Å². The summed E-state index contributed by atoms with van der Waals surface area (Å²) in [5, 5.41) is 3.47. The number of aryl methyl sites for hydroxylation is 1. The van der Waals surface area contributed by atoms with Gasteiger partial charge in [0.15, 0.2) is 0 Å². The van der Waals surface area contributed by atoms with E-state index in [1.54, 1.807) is 0 Å². The summed E-state index contributed by atoms with van der Waals surface area (Å²) < 4.78 is 0. The van der Waals surface area contributed by atoms with Crippen molar-refractivity contribution in [2.45, 2.75) is 39.8 Å². The first-order valence-electron chi connectivity index (χ1n) is 6.53. The van der Waals surface area contributed by atoms with Gasteiger partial charge in [0.1, 0.15) is 0 Å². The third-order valence-corrected chi connectivity index (χ3v) is 2.97. The number of carbonyl (C=O) groups excluding carboxylic acids is 1. The Morgan fingerprint density at radius 1 is 1.37 bits per heavy atom. The topological polar surface area (TPSA) is 58.4 Å². The second-order valence-electron chi connectivity index (χ2n) is 6.04. The molecule has 3 N–H and O–H groups in total. The second kappa shape index (κ2) is 6.06. The molecule has 0 aliphatic rings. The van der Waals surface area contributed by atoms with Gasteiger partial charge >= 0.3 is 0 Å². The van der Waals surface area contributed by atoms with Crippen LogP contribution in [0.25, 0.3) is 0 Å². The minimum absolute atomic E-state index is 0.105. The fourth-order valence-electron chi connectivity index (χ4n) is 1.80. The van der Waals surface area contributed by atoms with Crippen LogP contribution in [-0.4, -0.2) is 25.0 Å². The van der Waals surface area contributed by atoms with Gasteiger partial charge in [0.25, 0.3) is 0 Å². The third kappa shape index (κ3) is 5.30. The molecule has 106 valence electrons. The van der Waals surface area contributed by atoms with E-state index in [-0.39, 0.29) is 18.0 Å². The standard InChI is InChI=1S/C15H25N3O/c1-11-8-13(18(5)10-14(16)19)7-6-12(11)9-17-15(2,3)4/h6-8,17H,9-10H2,1-5H3,(H2,16,19). The predicted octanol–water partition coefficient (Wildman–Crippen LogP) is 1.80. The Morgan fingerprint density at radius 2 is 2.00 bits per heavy atom. The number of rotatable bonds is 5. The monoisotopic (exact) mass is 263 g/mol. The Hall–Kier alpha value is -1.55. The smallest absolute Gasteiger partial charge is 0.236 e. The molecule has 0 atom stereocenters. The lowest BCUT2D eigenvalue weighted by Gasteiger charge is -2.22. The van der Waals surface area contributed by atoms with E-state index in [0.717, 1.165) is 12.2 Å². The highest BCUT2D eigenvalue weighted by Crippen LogP contribution is 2.18. The van der Waals surface area contributed by atoms with Crippen molar-refractivity contribution in [2.75, 3.05) is 18.5 Å². The van der Waals surface area contributed by atoms with E-state index in [9.17, 15) is 4.79 Å². The molecule has 0 fully saturated rings. The van der Waals surface area contributed by atoms with Crippen LogP contribution in [-0.2, 0) is 11.3 Å². The summed E-state index contributed by atoms with van der Waals surface area (Å²) in [7, 11) is 1.87. The molecular formula is C15H25N3O. The summed E-state index contributed by atoms with van der Waals surface area (Å²) >= 11 is 0. The Labute approximate surface area is 116 Å². The van der Waals surface area contributed by atoms with E-state index >= 15 is 0 Å². The maximum absolute atomic E-state index is 10.9. The maximum atomic E-state index is 10.9. The van der Waals surface area contributed by atoms with Gasteiger partial charge in [-0.25, -0.2) is 0 Å². The number of carbonyl (C=O) groups is 1. The Morgan fingerprint density at radius 3 is 2.47 bits per heavy atom. The lowest BCUT2D eigenvalue weighted by Crippen LogP contribution is -2.35. The fourth-order valence-corrected chi connectivity index (χ4v) is 1.80. The molecule has 0 aliphatic heterocycles. The number of hydrogen-bond donors (Lipinski definition) is 2. The molecule has 0 unspecified atom stereocenters. The fraction of sp³-hybridized carbons (Fsp3) is 0.533. The van der Waals surface area contributed by atoms with Gasteiger partial charge in [-0.15, -0.1) is 0 Å². The van der Waals surface area contributed by atoms with Crippen LogP contribution in [0.1, 0.15) is 31.9 Å². The maximum Gasteiger partial charge on any atom is 0.236 e. The number of amides is 1. The minimum Gasteiger partial charge on any atom is -0.368 e. The molecule has 1 aromatic rings. The second-order valence-corrected chi connectivity index (χ2v) is 6.04. The Balaban J connectivity index is 2.77. The van der Waals surface area contributed by atoms with Crippen molar-refractivity contribution in [3.8, 4) is 0 Å². The van der Waals surface area contributed by atoms with Gasteiger partial charge in [-0.1, -0.05) is 6.07 Å². The summed E-state index contributed by atoms with van der Waals surface area (Å²) in [6, 6.07) is 6.21. The molecule has 0 bridgehead atoms. The van der Waals surface area contributed by atoms with Gasteiger partial charge in [-0.3, -0.25) is 4.79 Å². The van der Waals surface area contributed by atoms with Crippen LogP contribution in [0.4, 0.5) is 5.69 Å². The minimum atomic E-state index is -0.321. The zero-order valence-corrected chi connectivity index (χ0v) is 12.6. The molecule has 0 aromatic heterocycles. The molecule has 0 radical (unpaired) electrons. The first-order valence-corrected chi connectivity index (χ1v) is 6.53. The molecule has 1 rings (SSSR count). The van der Waals surface area contributed by atoms with Gasteiger partial charge in [0, 0.05) is 24.8 Å². The number of hydrogen-bond acceptors (Lipinski definition) is 3. The normalized spacial score (nSPS) is 11.4. The Bertz CT molecular complexity index is 449. The quantitative estimate of drug-likeness (QED) is 0.851. The number of likely N-dealkylation sites (N-methyl/N-ethyl adjacent to an activating group) is 1. The van der Waals surface area contributed by atoms with Gasteiger partial charge < -0.3 is 16.0 Å². The molecule has 4 heteroatoms. The molecule has 19 heavy (non-hydrogen) atoms. The molecule has 1 amide bonds. The van der Waals surface area contributed by atoms with E-state index < -0.39 is 0 Å². The summed E-state index contributed by atoms with van der Waals surface area (Å²) in [6.07, 6.45) is 0. The number of anilines is 1. The zero-order chi connectivity index (χ0) is 14.6. The first kappa shape index (κ1) is 15.5. The average molecular weight is 263 g/mol. The van der Waals surface area contributed by atoms with Crippen LogP contribution in [0, 0.1) is 6.92 Å². The van der Waals surface area contributed by atoms with Crippen molar-refractivity contribution in [3.05, 3.63) is 29.3 Å². The van der Waals surface area contributed by atoms with Crippen LogP contribution >= 0.6 is 0 Å². The number of nitrogens with two attached hydrogens (primary N) is 1. The molecule has 0 spiro atoms. The molecule has 0 aliphatic carbocycles. The van der Waals surface area contributed by atoms with Crippen molar-refractivity contribution in [1.29, 1.82) is 0 Å². The van der Waals surface area contributed by atoms with Crippen LogP contribution in [0.2, 0.25) is 0 Å². The van der Waals surface area contributed by atoms with Crippen molar-refractivity contribution in [1.82, 2.24) is 5.32 Å². The summed E-state index contributed by atoms with van der Waals surface area (Å²) in [6.45, 7) is 9.61. The Kier molecular flexibility index (Phi) is 4.95. The highest BCUT2D eigenvalue weighted by Gasteiger charge is 2.10. The van der Waals surface area contributed by atoms with Crippen molar-refractivity contribution in [3.63, 3.8) is 0 Å². The van der Waals surface area contributed by atoms with Crippen molar-refractivity contribution in [2.24, 2.45) is 5.73 Å². The highest BCUT2D eigenvalue weighted by atomic mass is 16.1.